The van der Waals surface area contributed by atoms with Crippen molar-refractivity contribution in [1.82, 2.24) is 4.57 Å². The highest BCUT2D eigenvalue weighted by Crippen LogP contribution is 2.34. The van der Waals surface area contributed by atoms with E-state index in [0.29, 0.717) is 17.1 Å². The van der Waals surface area contributed by atoms with Crippen LogP contribution in [0.2, 0.25) is 0 Å². The highest BCUT2D eigenvalue weighted by Gasteiger charge is 2.23. The second-order valence-electron chi connectivity index (χ2n) is 7.19. The number of nitrogens with zero attached hydrogens (tertiary/aromatic N) is 1. The van der Waals surface area contributed by atoms with Crippen molar-refractivity contribution in [3.05, 3.63) is 70.5 Å². The largest absolute Gasteiger partial charge is 0.493 e. The summed E-state index contributed by atoms with van der Waals surface area (Å²) in [6, 6.07) is 14.0. The minimum absolute atomic E-state index is 0.395. The molecule has 0 saturated carbocycles. The van der Waals surface area contributed by atoms with E-state index in [-0.39, 0.29) is 0 Å². The number of aryl methyl sites for hydroxylation is 2. The normalized spacial score (nSPS) is 10.8. The Hall–Kier alpha value is -3.21. The molecule has 1 heterocycles. The fraction of sp³-hybridized carbons (Fsp3) is 0.292. The first-order valence-electron chi connectivity index (χ1n) is 9.65. The Morgan fingerprint density at radius 2 is 1.66 bits per heavy atom. The molecule has 0 atom stereocenters. The van der Waals surface area contributed by atoms with Gasteiger partial charge in [0.15, 0.2) is 11.5 Å². The van der Waals surface area contributed by atoms with Crippen LogP contribution in [0.15, 0.2) is 42.5 Å². The number of rotatable bonds is 7. The van der Waals surface area contributed by atoms with Gasteiger partial charge in [0, 0.05) is 23.5 Å². The Bertz CT molecular complexity index is 1050. The van der Waals surface area contributed by atoms with Gasteiger partial charge in [-0.05, 0) is 56.0 Å². The molecule has 0 unspecified atom stereocenters. The number of primary amides is 1. The molecule has 0 saturated heterocycles. The van der Waals surface area contributed by atoms with Crippen LogP contribution in [0.1, 0.15) is 32.9 Å². The zero-order chi connectivity index (χ0) is 21.1. The molecule has 1 amide bonds. The van der Waals surface area contributed by atoms with Crippen molar-refractivity contribution in [1.29, 1.82) is 0 Å². The lowest BCUT2D eigenvalue weighted by Gasteiger charge is -2.12. The van der Waals surface area contributed by atoms with Gasteiger partial charge in [0.25, 0.3) is 5.91 Å². The van der Waals surface area contributed by atoms with E-state index in [4.69, 9.17) is 15.2 Å². The molecule has 0 spiro atoms. The van der Waals surface area contributed by atoms with Crippen LogP contribution >= 0.6 is 0 Å². The number of benzene rings is 2. The number of carbonyl (C=O) groups excluding carboxylic acids is 1. The molecule has 3 rings (SSSR count). The van der Waals surface area contributed by atoms with Crippen LogP contribution in [0.4, 0.5) is 0 Å². The van der Waals surface area contributed by atoms with Crippen LogP contribution in [0.25, 0.3) is 11.1 Å². The van der Waals surface area contributed by atoms with Crippen molar-refractivity contribution in [3.63, 3.8) is 0 Å². The number of methoxy groups -OCH3 is 2. The van der Waals surface area contributed by atoms with E-state index in [0.717, 1.165) is 46.6 Å². The zero-order valence-electron chi connectivity index (χ0n) is 17.7. The highest BCUT2D eigenvalue weighted by molar-refractivity contribution is 6.02. The van der Waals surface area contributed by atoms with E-state index in [1.54, 1.807) is 14.2 Å². The molecule has 0 aliphatic heterocycles. The summed E-state index contributed by atoms with van der Waals surface area (Å²) in [4.78, 5) is 12.3. The minimum Gasteiger partial charge on any atom is -0.493 e. The third kappa shape index (κ3) is 3.86. The molecule has 0 aliphatic rings. The Balaban J connectivity index is 2.00. The van der Waals surface area contributed by atoms with Gasteiger partial charge in [0.05, 0.1) is 19.8 Å². The number of nitrogens with two attached hydrogens (primary N) is 1. The maximum Gasteiger partial charge on any atom is 0.251 e. The van der Waals surface area contributed by atoms with E-state index in [1.807, 2.05) is 43.3 Å². The topological polar surface area (TPSA) is 66.5 Å². The van der Waals surface area contributed by atoms with Gasteiger partial charge < -0.3 is 19.8 Å². The molecule has 0 aliphatic carbocycles. The Kier molecular flexibility index (Phi) is 5.97. The van der Waals surface area contributed by atoms with Crippen molar-refractivity contribution >= 4 is 5.91 Å². The molecule has 0 fully saturated rings. The lowest BCUT2D eigenvalue weighted by atomic mass is 9.96. The molecule has 5 nitrogen and oxygen atoms in total. The smallest absolute Gasteiger partial charge is 0.251 e. The van der Waals surface area contributed by atoms with Gasteiger partial charge in [-0.2, -0.15) is 0 Å². The summed E-state index contributed by atoms with van der Waals surface area (Å²) in [6.45, 7) is 6.80. The first kappa shape index (κ1) is 20.5. The number of hydrogen-bond donors (Lipinski definition) is 1. The van der Waals surface area contributed by atoms with Crippen LogP contribution in [0.3, 0.4) is 0 Å². The summed E-state index contributed by atoms with van der Waals surface area (Å²) in [7, 11) is 3.26. The maximum atomic E-state index is 12.3. The second-order valence-corrected chi connectivity index (χ2v) is 7.19. The van der Waals surface area contributed by atoms with E-state index < -0.39 is 5.91 Å². The summed E-state index contributed by atoms with van der Waals surface area (Å²) >= 11 is 0. The van der Waals surface area contributed by atoms with E-state index in [9.17, 15) is 4.79 Å². The van der Waals surface area contributed by atoms with Gasteiger partial charge in [-0.1, -0.05) is 30.3 Å². The number of hydrogen-bond acceptors (Lipinski definition) is 3. The van der Waals surface area contributed by atoms with Crippen molar-refractivity contribution in [2.75, 3.05) is 14.2 Å². The molecule has 0 bridgehead atoms. The van der Waals surface area contributed by atoms with E-state index >= 15 is 0 Å². The van der Waals surface area contributed by atoms with Gasteiger partial charge in [0.2, 0.25) is 0 Å². The Morgan fingerprint density at radius 1 is 0.966 bits per heavy atom. The quantitative estimate of drug-likeness (QED) is 0.646. The first-order chi connectivity index (χ1) is 13.9. The molecule has 2 aromatic carbocycles. The molecule has 152 valence electrons. The standard InChI is InChI=1S/C24H28N2O3/c1-15-8-6-7-9-19(15)22-16(2)26(17(3)23(22)24(25)27)13-12-18-10-11-20(28-4)21(14-18)29-5/h6-11,14H,12-13H2,1-5H3,(H2,25,27). The fourth-order valence-corrected chi connectivity index (χ4v) is 3.98. The van der Waals surface area contributed by atoms with Crippen LogP contribution in [0, 0.1) is 20.8 Å². The number of amides is 1. The molecule has 2 N–H and O–H groups in total. The SMILES string of the molecule is COc1ccc(CCn2c(C)c(C(N)=O)c(-c3ccccc3C)c2C)cc1OC. The average Bonchev–Trinajstić information content (AvgIpc) is 2.96. The number of ether oxygens (including phenoxy) is 2. The van der Waals surface area contributed by atoms with Crippen LogP contribution in [-0.4, -0.2) is 24.7 Å². The molecular formula is C24H28N2O3. The van der Waals surface area contributed by atoms with E-state index in [2.05, 4.69) is 24.5 Å². The van der Waals surface area contributed by atoms with Crippen LogP contribution < -0.4 is 15.2 Å². The molecule has 29 heavy (non-hydrogen) atoms. The number of aromatic nitrogens is 1. The van der Waals surface area contributed by atoms with Crippen molar-refractivity contribution in [2.24, 2.45) is 5.73 Å². The monoisotopic (exact) mass is 392 g/mol. The lowest BCUT2D eigenvalue weighted by molar-refractivity contribution is 0.1000. The van der Waals surface area contributed by atoms with Crippen LogP contribution in [0.5, 0.6) is 11.5 Å². The number of carbonyl (C=O) groups is 1. The van der Waals surface area contributed by atoms with Gasteiger partial charge >= 0.3 is 0 Å². The van der Waals surface area contributed by atoms with Crippen molar-refractivity contribution in [3.8, 4) is 22.6 Å². The average molecular weight is 392 g/mol. The first-order valence-corrected chi connectivity index (χ1v) is 9.65. The third-order valence-corrected chi connectivity index (χ3v) is 5.52. The summed E-state index contributed by atoms with van der Waals surface area (Å²) < 4.78 is 12.9. The zero-order valence-corrected chi connectivity index (χ0v) is 17.7. The van der Waals surface area contributed by atoms with Crippen LogP contribution in [-0.2, 0) is 13.0 Å². The summed E-state index contributed by atoms with van der Waals surface area (Å²) in [5, 5.41) is 0. The predicted octanol–water partition coefficient (Wildman–Crippen LogP) is 4.44. The predicted molar refractivity (Wildman–Crippen MR) is 116 cm³/mol. The summed E-state index contributed by atoms with van der Waals surface area (Å²) in [5.41, 5.74) is 12.6. The molecule has 1 aromatic heterocycles. The van der Waals surface area contributed by atoms with Crippen molar-refractivity contribution < 1.29 is 14.3 Å². The second kappa shape index (κ2) is 8.43. The molecular weight excluding hydrogens is 364 g/mol. The summed E-state index contributed by atoms with van der Waals surface area (Å²) in [6.07, 6.45) is 0.794. The lowest BCUT2D eigenvalue weighted by Crippen LogP contribution is -2.14. The fourth-order valence-electron chi connectivity index (χ4n) is 3.98. The Morgan fingerprint density at radius 3 is 2.28 bits per heavy atom. The Labute approximate surface area is 172 Å². The minimum atomic E-state index is -0.395. The third-order valence-electron chi connectivity index (χ3n) is 5.52. The summed E-state index contributed by atoms with van der Waals surface area (Å²) in [5.74, 6) is 1.03. The maximum absolute atomic E-state index is 12.3. The van der Waals surface area contributed by atoms with E-state index in [1.165, 1.54) is 0 Å². The van der Waals surface area contributed by atoms with Gasteiger partial charge in [-0.3, -0.25) is 4.79 Å². The highest BCUT2D eigenvalue weighted by atomic mass is 16.5. The van der Waals surface area contributed by atoms with Crippen molar-refractivity contribution in [2.45, 2.75) is 33.7 Å². The van der Waals surface area contributed by atoms with Gasteiger partial charge in [0.1, 0.15) is 0 Å². The molecule has 5 heteroatoms. The van der Waals surface area contributed by atoms with Gasteiger partial charge in [-0.25, -0.2) is 0 Å². The molecule has 0 radical (unpaired) electrons. The molecule has 3 aromatic rings. The van der Waals surface area contributed by atoms with Gasteiger partial charge in [-0.15, -0.1) is 0 Å².